The first-order valence-electron chi connectivity index (χ1n) is 9.59. The van der Waals surface area contributed by atoms with Gasteiger partial charge in [0.1, 0.15) is 5.75 Å². The Bertz CT molecular complexity index is 976. The van der Waals surface area contributed by atoms with Crippen LogP contribution in [0.4, 0.5) is 0 Å². The Hall–Kier alpha value is -2.05. The highest BCUT2D eigenvalue weighted by atomic mass is 32.2. The summed E-state index contributed by atoms with van der Waals surface area (Å²) in [5.74, 6) is 3.45. The van der Waals surface area contributed by atoms with Gasteiger partial charge in [-0.3, -0.25) is 4.57 Å². The second kappa shape index (κ2) is 8.53. The summed E-state index contributed by atoms with van der Waals surface area (Å²) < 4.78 is 7.52. The van der Waals surface area contributed by atoms with Gasteiger partial charge in [-0.05, 0) is 48.4 Å². The molecule has 4 nitrogen and oxygen atoms in total. The number of rotatable bonds is 7. The summed E-state index contributed by atoms with van der Waals surface area (Å²) in [5.41, 5.74) is 3.94. The molecular weight excluding hydrogens is 386 g/mol. The monoisotopic (exact) mass is 411 g/mol. The third-order valence-corrected chi connectivity index (χ3v) is 7.26. The number of hydrogen-bond acceptors (Lipinski definition) is 5. The molecule has 0 bridgehead atoms. The molecule has 0 saturated heterocycles. The Labute approximate surface area is 174 Å². The second-order valence-electron chi connectivity index (χ2n) is 7.24. The van der Waals surface area contributed by atoms with Crippen molar-refractivity contribution < 1.29 is 4.74 Å². The lowest BCUT2D eigenvalue weighted by Crippen LogP contribution is -2.10. The van der Waals surface area contributed by atoms with Crippen molar-refractivity contribution >= 4 is 23.1 Å². The van der Waals surface area contributed by atoms with E-state index in [1.54, 1.807) is 18.9 Å². The summed E-state index contributed by atoms with van der Waals surface area (Å²) in [7, 11) is 1.70. The number of benzene rings is 1. The number of ether oxygens (including phenoxy) is 1. The molecule has 1 aliphatic rings. The van der Waals surface area contributed by atoms with Gasteiger partial charge in [-0.15, -0.1) is 28.1 Å². The van der Waals surface area contributed by atoms with Crippen molar-refractivity contribution in [3.8, 4) is 17.1 Å². The van der Waals surface area contributed by atoms with Crippen molar-refractivity contribution in [2.75, 3.05) is 7.11 Å². The lowest BCUT2D eigenvalue weighted by atomic mass is 9.88. The van der Waals surface area contributed by atoms with E-state index in [2.05, 4.69) is 45.8 Å². The molecule has 6 heteroatoms. The maximum Gasteiger partial charge on any atom is 0.192 e. The zero-order chi connectivity index (χ0) is 19.5. The number of thioether (sulfide) groups is 1. The van der Waals surface area contributed by atoms with Gasteiger partial charge in [0.25, 0.3) is 0 Å². The Morgan fingerprint density at radius 3 is 3.11 bits per heavy atom. The summed E-state index contributed by atoms with van der Waals surface area (Å²) in [5, 5.41) is 12.3. The summed E-state index contributed by atoms with van der Waals surface area (Å²) in [4.78, 5) is 1.52. The average Bonchev–Trinajstić information content (AvgIpc) is 3.30. The Balaban J connectivity index is 1.60. The van der Waals surface area contributed by atoms with E-state index in [4.69, 9.17) is 4.74 Å². The predicted octanol–water partition coefficient (Wildman–Crippen LogP) is 5.62. The Morgan fingerprint density at radius 1 is 1.39 bits per heavy atom. The Kier molecular flexibility index (Phi) is 5.87. The van der Waals surface area contributed by atoms with Crippen LogP contribution in [0.3, 0.4) is 0 Å². The van der Waals surface area contributed by atoms with Crippen LogP contribution < -0.4 is 4.74 Å². The normalized spacial score (nSPS) is 16.0. The lowest BCUT2D eigenvalue weighted by molar-refractivity contribution is 0.414. The Morgan fingerprint density at radius 2 is 2.29 bits per heavy atom. The van der Waals surface area contributed by atoms with Gasteiger partial charge in [0, 0.05) is 28.1 Å². The highest BCUT2D eigenvalue weighted by molar-refractivity contribution is 7.98. The SMILES string of the molecule is C=CCn1c(SCc2cccc(OC)c2)nnc1-c1csc2c1CC[C@@H](C)C2. The smallest absolute Gasteiger partial charge is 0.192 e. The van der Waals surface area contributed by atoms with E-state index in [9.17, 15) is 0 Å². The van der Waals surface area contributed by atoms with E-state index < -0.39 is 0 Å². The summed E-state index contributed by atoms with van der Waals surface area (Å²) >= 11 is 3.58. The number of fused-ring (bicyclic) bond motifs is 1. The number of hydrogen-bond donors (Lipinski definition) is 0. The molecule has 3 aromatic rings. The minimum absolute atomic E-state index is 0.712. The van der Waals surface area contributed by atoms with Gasteiger partial charge in [0.15, 0.2) is 11.0 Å². The van der Waals surface area contributed by atoms with Crippen molar-refractivity contribution in [1.29, 1.82) is 0 Å². The second-order valence-corrected chi connectivity index (χ2v) is 9.15. The first-order valence-corrected chi connectivity index (χ1v) is 11.5. The number of methoxy groups -OCH3 is 1. The van der Waals surface area contributed by atoms with Gasteiger partial charge in [0.05, 0.1) is 7.11 Å². The summed E-state index contributed by atoms with van der Waals surface area (Å²) in [6.07, 6.45) is 5.50. The molecular formula is C22H25N3OS2. The highest BCUT2D eigenvalue weighted by Gasteiger charge is 2.24. The largest absolute Gasteiger partial charge is 0.497 e. The molecule has 0 saturated carbocycles. The van der Waals surface area contributed by atoms with Crippen molar-refractivity contribution in [3.05, 3.63) is 58.3 Å². The zero-order valence-electron chi connectivity index (χ0n) is 16.4. The van der Waals surface area contributed by atoms with E-state index in [1.165, 1.54) is 34.4 Å². The molecule has 0 aliphatic heterocycles. The van der Waals surface area contributed by atoms with Gasteiger partial charge in [0.2, 0.25) is 0 Å². The minimum atomic E-state index is 0.712. The van der Waals surface area contributed by atoms with E-state index in [0.717, 1.165) is 34.8 Å². The molecule has 1 aliphatic carbocycles. The molecule has 0 spiro atoms. The maximum absolute atomic E-state index is 5.33. The van der Waals surface area contributed by atoms with Gasteiger partial charge in [-0.1, -0.05) is 36.9 Å². The third-order valence-electron chi connectivity index (χ3n) is 5.17. The molecule has 0 amide bonds. The quantitative estimate of drug-likeness (QED) is 0.374. The maximum atomic E-state index is 5.33. The standard InChI is InChI=1S/C22H25N3OS2/c1-4-10-25-21(19-14-27-20-11-15(2)8-9-18(19)20)23-24-22(25)28-13-16-6-5-7-17(12-16)26-3/h4-7,12,14-15H,1,8-11,13H2,2-3H3/t15-/m1/s1. The molecule has 1 aromatic carbocycles. The zero-order valence-corrected chi connectivity index (χ0v) is 18.0. The molecule has 28 heavy (non-hydrogen) atoms. The van der Waals surface area contributed by atoms with Crippen molar-refractivity contribution in [3.63, 3.8) is 0 Å². The molecule has 0 unspecified atom stereocenters. The molecule has 1 atom stereocenters. The number of thiophene rings is 1. The topological polar surface area (TPSA) is 39.9 Å². The van der Waals surface area contributed by atoms with E-state index in [0.29, 0.717) is 6.54 Å². The van der Waals surface area contributed by atoms with Crippen LogP contribution in [0.5, 0.6) is 5.75 Å². The molecule has 0 fully saturated rings. The van der Waals surface area contributed by atoms with Crippen molar-refractivity contribution in [1.82, 2.24) is 14.8 Å². The lowest BCUT2D eigenvalue weighted by Gasteiger charge is -2.19. The average molecular weight is 412 g/mol. The van der Waals surface area contributed by atoms with Crippen molar-refractivity contribution in [2.45, 2.75) is 43.6 Å². The molecule has 4 rings (SSSR count). The molecule has 2 aromatic heterocycles. The fourth-order valence-electron chi connectivity index (χ4n) is 3.66. The molecule has 0 radical (unpaired) electrons. The summed E-state index contributed by atoms with van der Waals surface area (Å²) in [6, 6.07) is 8.17. The van der Waals surface area contributed by atoms with Gasteiger partial charge in [-0.25, -0.2) is 0 Å². The van der Waals surface area contributed by atoms with Crippen LogP contribution in [-0.4, -0.2) is 21.9 Å². The first-order chi connectivity index (χ1) is 13.7. The van der Waals surface area contributed by atoms with Crippen LogP contribution in [0, 0.1) is 5.92 Å². The van der Waals surface area contributed by atoms with Gasteiger partial charge in [-0.2, -0.15) is 0 Å². The van der Waals surface area contributed by atoms with E-state index in [1.807, 2.05) is 29.5 Å². The molecule has 0 N–H and O–H groups in total. The van der Waals surface area contributed by atoms with Gasteiger partial charge < -0.3 is 4.74 Å². The van der Waals surface area contributed by atoms with Crippen LogP contribution in [0.25, 0.3) is 11.4 Å². The minimum Gasteiger partial charge on any atom is -0.497 e. The van der Waals surface area contributed by atoms with Crippen molar-refractivity contribution in [2.24, 2.45) is 5.92 Å². The fourth-order valence-corrected chi connectivity index (χ4v) is 5.80. The highest BCUT2D eigenvalue weighted by Crippen LogP contribution is 2.38. The fraction of sp³-hybridized carbons (Fsp3) is 0.364. The molecule has 2 heterocycles. The van der Waals surface area contributed by atoms with Crippen LogP contribution in [-0.2, 0) is 25.1 Å². The van der Waals surface area contributed by atoms with E-state index >= 15 is 0 Å². The van der Waals surface area contributed by atoms with E-state index in [-0.39, 0.29) is 0 Å². The number of nitrogens with zero attached hydrogens (tertiary/aromatic N) is 3. The van der Waals surface area contributed by atoms with Crippen LogP contribution >= 0.6 is 23.1 Å². The predicted molar refractivity (Wildman–Crippen MR) is 117 cm³/mol. The summed E-state index contributed by atoms with van der Waals surface area (Å²) in [6.45, 7) is 6.99. The molecule has 146 valence electrons. The van der Waals surface area contributed by atoms with Crippen LogP contribution in [0.15, 0.2) is 47.5 Å². The number of allylic oxidation sites excluding steroid dienone is 1. The van der Waals surface area contributed by atoms with Crippen LogP contribution in [0.2, 0.25) is 0 Å². The van der Waals surface area contributed by atoms with Crippen LogP contribution in [0.1, 0.15) is 29.3 Å². The number of aromatic nitrogens is 3. The third kappa shape index (κ3) is 3.89. The first kappa shape index (κ1) is 19.3. The van der Waals surface area contributed by atoms with Gasteiger partial charge >= 0.3 is 0 Å².